The summed E-state index contributed by atoms with van der Waals surface area (Å²) in [4.78, 5) is 26.1. The predicted octanol–water partition coefficient (Wildman–Crippen LogP) is 1.21. The van der Waals surface area contributed by atoms with Gasteiger partial charge in [0, 0.05) is 31.6 Å². The summed E-state index contributed by atoms with van der Waals surface area (Å²) in [7, 11) is 0. The molecule has 2 amide bonds. The lowest BCUT2D eigenvalue weighted by Crippen LogP contribution is -2.52. The Hall–Kier alpha value is -2.35. The fourth-order valence-electron chi connectivity index (χ4n) is 2.49. The smallest absolute Gasteiger partial charge is 0.323 e. The van der Waals surface area contributed by atoms with Crippen molar-refractivity contribution in [2.45, 2.75) is 0 Å². The van der Waals surface area contributed by atoms with Crippen molar-refractivity contribution < 1.29 is 14.7 Å². The maximum atomic E-state index is 11.8. The van der Waals surface area contributed by atoms with Crippen LogP contribution in [-0.4, -0.2) is 59.1 Å². The van der Waals surface area contributed by atoms with Crippen LogP contribution in [0.1, 0.15) is 0 Å². The minimum absolute atomic E-state index is 0.329. The normalized spacial score (nSPS) is 15.1. The summed E-state index contributed by atoms with van der Waals surface area (Å²) in [6.45, 7) is 2.13. The van der Waals surface area contributed by atoms with Crippen molar-refractivity contribution in [1.82, 2.24) is 14.6 Å². The van der Waals surface area contributed by atoms with Gasteiger partial charge >= 0.3 is 12.0 Å². The van der Waals surface area contributed by atoms with E-state index < -0.39 is 5.97 Å². The number of hydrogen-bond acceptors (Lipinski definition) is 5. The maximum absolute atomic E-state index is 11.8. The number of rotatable bonds is 3. The Morgan fingerprint density at radius 3 is 2.68 bits per heavy atom. The summed E-state index contributed by atoms with van der Waals surface area (Å²) in [5.74, 6) is -0.0767. The van der Waals surface area contributed by atoms with E-state index in [-0.39, 0.29) is 12.6 Å². The lowest BCUT2D eigenvalue weighted by molar-refractivity contribution is -0.135. The van der Waals surface area contributed by atoms with Gasteiger partial charge in [-0.25, -0.2) is 4.79 Å². The van der Waals surface area contributed by atoms with Crippen molar-refractivity contribution in [1.29, 1.82) is 0 Å². The molecule has 0 atom stereocenters. The number of nitrogens with one attached hydrogen (secondary N) is 1. The standard InChI is InChI=1S/C14H16N4O3S/c19-12(20)9-15-14(21)18-7-5-17(6-8-18)13-10-3-1-2-4-11(10)22-16-13/h1-4H,5-9H2,(H,15,21)(H,19,20). The molecule has 0 aliphatic carbocycles. The Morgan fingerprint density at radius 1 is 1.23 bits per heavy atom. The number of aromatic nitrogens is 1. The average molecular weight is 320 g/mol. The summed E-state index contributed by atoms with van der Waals surface area (Å²) < 4.78 is 5.67. The minimum atomic E-state index is -1.04. The zero-order valence-corrected chi connectivity index (χ0v) is 12.7. The first-order valence-corrected chi connectivity index (χ1v) is 7.76. The van der Waals surface area contributed by atoms with Crippen molar-refractivity contribution in [3.05, 3.63) is 24.3 Å². The zero-order chi connectivity index (χ0) is 15.5. The zero-order valence-electron chi connectivity index (χ0n) is 11.9. The van der Waals surface area contributed by atoms with E-state index >= 15 is 0 Å². The van der Waals surface area contributed by atoms with Crippen molar-refractivity contribution in [3.63, 3.8) is 0 Å². The molecular formula is C14H16N4O3S. The number of carbonyl (C=O) groups is 2. The van der Waals surface area contributed by atoms with Gasteiger partial charge in [-0.2, -0.15) is 4.37 Å². The van der Waals surface area contributed by atoms with Crippen LogP contribution in [0.5, 0.6) is 0 Å². The minimum Gasteiger partial charge on any atom is -0.480 e. The molecule has 3 rings (SSSR count). The molecule has 1 saturated heterocycles. The highest BCUT2D eigenvalue weighted by atomic mass is 32.1. The van der Waals surface area contributed by atoms with E-state index in [4.69, 9.17) is 5.11 Å². The van der Waals surface area contributed by atoms with Crippen LogP contribution in [0.4, 0.5) is 10.6 Å². The molecule has 2 heterocycles. The van der Waals surface area contributed by atoms with Crippen LogP contribution in [0, 0.1) is 0 Å². The first-order valence-electron chi connectivity index (χ1n) is 6.99. The largest absolute Gasteiger partial charge is 0.480 e. The number of carboxylic acids is 1. The first-order chi connectivity index (χ1) is 10.6. The molecule has 0 unspecified atom stereocenters. The molecule has 7 nitrogen and oxygen atoms in total. The molecule has 1 aliphatic rings. The Balaban J connectivity index is 1.62. The number of carbonyl (C=O) groups excluding carboxylic acids is 1. The molecule has 1 fully saturated rings. The summed E-state index contributed by atoms with van der Waals surface area (Å²) in [5, 5.41) is 12.1. The van der Waals surface area contributed by atoms with Crippen LogP contribution in [-0.2, 0) is 4.79 Å². The number of aliphatic carboxylic acids is 1. The van der Waals surface area contributed by atoms with Gasteiger partial charge in [-0.1, -0.05) is 12.1 Å². The van der Waals surface area contributed by atoms with E-state index in [1.54, 1.807) is 4.90 Å². The summed E-state index contributed by atoms with van der Waals surface area (Å²) in [6.07, 6.45) is 0. The van der Waals surface area contributed by atoms with Gasteiger partial charge in [0.05, 0.1) is 4.70 Å². The summed E-state index contributed by atoms with van der Waals surface area (Å²) >= 11 is 1.48. The van der Waals surface area contributed by atoms with Gasteiger partial charge in [-0.15, -0.1) is 0 Å². The predicted molar refractivity (Wildman–Crippen MR) is 84.4 cm³/mol. The van der Waals surface area contributed by atoms with Gasteiger partial charge in [0.1, 0.15) is 12.4 Å². The number of carboxylic acid groups (broad SMARTS) is 1. The van der Waals surface area contributed by atoms with E-state index in [2.05, 4.69) is 20.7 Å². The molecule has 0 radical (unpaired) electrons. The van der Waals surface area contributed by atoms with Gasteiger partial charge in [0.15, 0.2) is 0 Å². The molecule has 0 saturated carbocycles. The molecule has 0 spiro atoms. The molecule has 2 N–H and O–H groups in total. The third kappa shape index (κ3) is 2.96. The number of amides is 2. The average Bonchev–Trinajstić information content (AvgIpc) is 2.97. The number of fused-ring (bicyclic) bond motifs is 1. The second-order valence-corrected chi connectivity index (χ2v) is 5.83. The number of urea groups is 1. The maximum Gasteiger partial charge on any atom is 0.323 e. The third-order valence-corrected chi connectivity index (χ3v) is 4.43. The van der Waals surface area contributed by atoms with Crippen molar-refractivity contribution in [2.24, 2.45) is 0 Å². The monoisotopic (exact) mass is 320 g/mol. The SMILES string of the molecule is O=C(O)CNC(=O)N1CCN(c2nsc3ccccc23)CC1. The fourth-order valence-corrected chi connectivity index (χ4v) is 3.28. The van der Waals surface area contributed by atoms with Gasteiger partial charge in [0.25, 0.3) is 0 Å². The van der Waals surface area contributed by atoms with Crippen LogP contribution < -0.4 is 10.2 Å². The first kappa shape index (κ1) is 14.6. The van der Waals surface area contributed by atoms with E-state index in [9.17, 15) is 9.59 Å². The van der Waals surface area contributed by atoms with Crippen LogP contribution in [0.2, 0.25) is 0 Å². The molecule has 116 valence electrons. The van der Waals surface area contributed by atoms with E-state index in [0.717, 1.165) is 15.9 Å². The topological polar surface area (TPSA) is 85.8 Å². The van der Waals surface area contributed by atoms with E-state index in [0.29, 0.717) is 26.2 Å². The molecule has 1 aliphatic heterocycles. The fraction of sp³-hybridized carbons (Fsp3) is 0.357. The van der Waals surface area contributed by atoms with Gasteiger partial charge in [-0.05, 0) is 23.7 Å². The number of hydrogen-bond donors (Lipinski definition) is 2. The highest BCUT2D eigenvalue weighted by Crippen LogP contribution is 2.29. The van der Waals surface area contributed by atoms with Crippen LogP contribution in [0.3, 0.4) is 0 Å². The van der Waals surface area contributed by atoms with E-state index in [1.165, 1.54) is 11.5 Å². The Labute approximate surface area is 131 Å². The second kappa shape index (κ2) is 6.18. The molecule has 1 aromatic heterocycles. The second-order valence-electron chi connectivity index (χ2n) is 5.03. The molecule has 2 aromatic rings. The van der Waals surface area contributed by atoms with Gasteiger partial charge in [0.2, 0.25) is 0 Å². The van der Waals surface area contributed by atoms with Crippen molar-refractivity contribution >= 4 is 39.4 Å². The highest BCUT2D eigenvalue weighted by molar-refractivity contribution is 7.13. The Bertz CT molecular complexity index is 694. The van der Waals surface area contributed by atoms with Crippen LogP contribution in [0.15, 0.2) is 24.3 Å². The van der Waals surface area contributed by atoms with Gasteiger partial charge < -0.3 is 20.2 Å². The number of nitrogens with zero attached hydrogens (tertiary/aromatic N) is 3. The Morgan fingerprint density at radius 2 is 1.95 bits per heavy atom. The lowest BCUT2D eigenvalue weighted by Gasteiger charge is -2.34. The van der Waals surface area contributed by atoms with E-state index in [1.807, 2.05) is 18.2 Å². The van der Waals surface area contributed by atoms with Crippen LogP contribution in [0.25, 0.3) is 10.1 Å². The molecule has 22 heavy (non-hydrogen) atoms. The molecular weight excluding hydrogens is 304 g/mol. The Kier molecular flexibility index (Phi) is 4.10. The highest BCUT2D eigenvalue weighted by Gasteiger charge is 2.23. The molecule has 0 bridgehead atoms. The number of anilines is 1. The van der Waals surface area contributed by atoms with Crippen molar-refractivity contribution in [2.75, 3.05) is 37.6 Å². The summed E-state index contributed by atoms with van der Waals surface area (Å²) in [5.41, 5.74) is 0. The summed E-state index contributed by atoms with van der Waals surface area (Å²) in [6, 6.07) is 7.77. The van der Waals surface area contributed by atoms with Crippen LogP contribution >= 0.6 is 11.5 Å². The molecule has 1 aromatic carbocycles. The number of piperazine rings is 1. The third-order valence-electron chi connectivity index (χ3n) is 3.62. The molecule has 8 heteroatoms. The quantitative estimate of drug-likeness (QED) is 0.888. The van der Waals surface area contributed by atoms with Gasteiger partial charge in [-0.3, -0.25) is 4.79 Å². The lowest BCUT2D eigenvalue weighted by atomic mass is 10.2. The number of benzene rings is 1. The van der Waals surface area contributed by atoms with Crippen molar-refractivity contribution in [3.8, 4) is 0 Å².